The molecular weight excluding hydrogens is 426 g/mol. The predicted octanol–water partition coefficient (Wildman–Crippen LogP) is 4.33. The quantitative estimate of drug-likeness (QED) is 0.601. The smallest absolute Gasteiger partial charge is 0.335 e. The van der Waals surface area contributed by atoms with E-state index in [9.17, 15) is 14.7 Å². The molecular formula is C25H29NO7. The average molecular weight is 456 g/mol. The fourth-order valence-corrected chi connectivity index (χ4v) is 3.68. The van der Waals surface area contributed by atoms with Crippen LogP contribution in [0.3, 0.4) is 0 Å². The lowest BCUT2D eigenvalue weighted by Gasteiger charge is -2.30. The lowest BCUT2D eigenvalue weighted by molar-refractivity contribution is -0.171. The van der Waals surface area contributed by atoms with Crippen molar-refractivity contribution in [1.82, 2.24) is 4.90 Å². The summed E-state index contributed by atoms with van der Waals surface area (Å²) >= 11 is 0. The number of carboxylic acid groups (broad SMARTS) is 1. The van der Waals surface area contributed by atoms with Crippen molar-refractivity contribution < 1.29 is 33.6 Å². The molecule has 1 unspecified atom stereocenters. The summed E-state index contributed by atoms with van der Waals surface area (Å²) in [7, 11) is 0. The zero-order valence-electron chi connectivity index (χ0n) is 18.7. The highest BCUT2D eigenvalue weighted by Crippen LogP contribution is 2.29. The first-order valence-electron chi connectivity index (χ1n) is 11.3. The van der Waals surface area contributed by atoms with Crippen LogP contribution >= 0.6 is 0 Å². The van der Waals surface area contributed by atoms with Crippen molar-refractivity contribution in [2.75, 3.05) is 26.3 Å². The minimum atomic E-state index is -1.08. The van der Waals surface area contributed by atoms with Crippen molar-refractivity contribution >= 4 is 11.9 Å². The van der Waals surface area contributed by atoms with E-state index in [0.717, 1.165) is 38.8 Å². The molecule has 2 fully saturated rings. The fourth-order valence-electron chi connectivity index (χ4n) is 3.68. The number of nitrogens with zero attached hydrogens (tertiary/aromatic N) is 1. The van der Waals surface area contributed by atoms with Crippen LogP contribution in [0.2, 0.25) is 0 Å². The summed E-state index contributed by atoms with van der Waals surface area (Å²) in [6.07, 6.45) is 3.50. The second-order valence-electron chi connectivity index (χ2n) is 8.33. The molecule has 2 aliphatic heterocycles. The topological polar surface area (TPSA) is 94.5 Å². The molecule has 0 aliphatic carbocycles. The molecule has 1 amide bonds. The molecule has 8 heteroatoms. The van der Waals surface area contributed by atoms with Gasteiger partial charge in [-0.3, -0.25) is 4.79 Å². The first-order chi connectivity index (χ1) is 16.0. The van der Waals surface area contributed by atoms with Gasteiger partial charge in [-0.1, -0.05) is 0 Å². The Morgan fingerprint density at radius 2 is 1.79 bits per heavy atom. The van der Waals surface area contributed by atoms with Crippen LogP contribution in [-0.2, 0) is 9.47 Å². The Bertz CT molecular complexity index is 965. The van der Waals surface area contributed by atoms with E-state index < -0.39 is 5.97 Å². The Labute approximate surface area is 193 Å². The third kappa shape index (κ3) is 6.24. The molecule has 0 spiro atoms. The number of hydrogen-bond acceptors (Lipinski definition) is 6. The van der Waals surface area contributed by atoms with Gasteiger partial charge in [0.2, 0.25) is 0 Å². The molecule has 1 N–H and O–H groups in total. The number of carbonyl (C=O) groups excluding carboxylic acids is 1. The number of aromatic carboxylic acids is 1. The molecule has 0 radical (unpaired) electrons. The maximum atomic E-state index is 12.3. The van der Waals surface area contributed by atoms with Gasteiger partial charge in [-0.2, -0.15) is 0 Å². The molecule has 2 aromatic rings. The molecule has 8 nitrogen and oxygen atoms in total. The van der Waals surface area contributed by atoms with E-state index in [-0.39, 0.29) is 23.9 Å². The number of amides is 1. The Morgan fingerprint density at radius 1 is 1.03 bits per heavy atom. The van der Waals surface area contributed by atoms with Gasteiger partial charge >= 0.3 is 5.97 Å². The van der Waals surface area contributed by atoms with Crippen LogP contribution in [0.15, 0.2) is 42.5 Å². The number of carbonyl (C=O) groups is 2. The van der Waals surface area contributed by atoms with E-state index in [1.165, 1.54) is 12.1 Å². The summed E-state index contributed by atoms with van der Waals surface area (Å²) in [5.74, 6) is 0.117. The molecule has 176 valence electrons. The van der Waals surface area contributed by atoms with E-state index in [0.29, 0.717) is 36.0 Å². The molecule has 33 heavy (non-hydrogen) atoms. The zero-order chi connectivity index (χ0) is 23.2. The van der Waals surface area contributed by atoms with Gasteiger partial charge < -0.3 is 29.0 Å². The summed E-state index contributed by atoms with van der Waals surface area (Å²) in [6.45, 7) is 4.46. The highest BCUT2D eigenvalue weighted by atomic mass is 16.7. The van der Waals surface area contributed by atoms with Crippen LogP contribution < -0.4 is 9.47 Å². The van der Waals surface area contributed by atoms with E-state index in [1.54, 1.807) is 35.2 Å². The van der Waals surface area contributed by atoms with Crippen molar-refractivity contribution in [3.8, 4) is 17.2 Å². The van der Waals surface area contributed by atoms with Gasteiger partial charge in [0.1, 0.15) is 23.4 Å². The Hall–Kier alpha value is -3.10. The number of hydrogen-bond donors (Lipinski definition) is 1. The monoisotopic (exact) mass is 455 g/mol. The molecule has 0 aromatic heterocycles. The SMILES string of the molecule is C[C@@H](COC1CCCCO1)Oc1cc(Oc2ccc(C(=O)N3CCC3)cc2)cc(C(=O)O)c1. The van der Waals surface area contributed by atoms with Gasteiger partial charge in [-0.25, -0.2) is 4.79 Å². The molecule has 2 heterocycles. The Balaban J connectivity index is 1.40. The molecule has 0 saturated carbocycles. The fraction of sp³-hybridized carbons (Fsp3) is 0.440. The van der Waals surface area contributed by atoms with Gasteiger partial charge in [0, 0.05) is 31.3 Å². The molecule has 2 aliphatic rings. The van der Waals surface area contributed by atoms with Crippen molar-refractivity contribution in [3.05, 3.63) is 53.6 Å². The Kier molecular flexibility index (Phi) is 7.47. The molecule has 2 atom stereocenters. The van der Waals surface area contributed by atoms with Gasteiger partial charge in [0.25, 0.3) is 5.91 Å². The largest absolute Gasteiger partial charge is 0.488 e. The number of likely N-dealkylation sites (tertiary alicyclic amines) is 1. The first kappa shape index (κ1) is 23.1. The maximum absolute atomic E-state index is 12.3. The van der Waals surface area contributed by atoms with E-state index in [4.69, 9.17) is 18.9 Å². The lowest BCUT2D eigenvalue weighted by Crippen LogP contribution is -2.41. The minimum absolute atomic E-state index is 0.00574. The van der Waals surface area contributed by atoms with Crippen LogP contribution in [0, 0.1) is 0 Å². The highest BCUT2D eigenvalue weighted by Gasteiger charge is 2.21. The van der Waals surface area contributed by atoms with Crippen molar-refractivity contribution in [1.29, 1.82) is 0 Å². The average Bonchev–Trinajstić information content (AvgIpc) is 2.77. The number of ether oxygens (including phenoxy) is 4. The lowest BCUT2D eigenvalue weighted by atomic mass is 10.1. The third-order valence-corrected chi connectivity index (χ3v) is 5.60. The van der Waals surface area contributed by atoms with Gasteiger partial charge in [0.15, 0.2) is 6.29 Å². The van der Waals surface area contributed by atoms with Crippen molar-refractivity contribution in [2.45, 2.75) is 45.0 Å². The third-order valence-electron chi connectivity index (χ3n) is 5.60. The number of rotatable bonds is 9. The minimum Gasteiger partial charge on any atom is -0.488 e. The predicted molar refractivity (Wildman–Crippen MR) is 120 cm³/mol. The zero-order valence-corrected chi connectivity index (χ0v) is 18.7. The summed E-state index contributed by atoms with van der Waals surface area (Å²) in [4.78, 5) is 25.7. The van der Waals surface area contributed by atoms with Crippen molar-refractivity contribution in [3.63, 3.8) is 0 Å². The second-order valence-corrected chi connectivity index (χ2v) is 8.33. The standard InChI is InChI=1S/C25H29NO7/c1-17(16-31-23-5-2-3-12-30-23)32-21-13-19(25(28)29)14-22(15-21)33-20-8-6-18(7-9-20)24(27)26-10-4-11-26/h6-9,13-15,17,23H,2-5,10-12,16H2,1H3,(H,28,29)/t17-,23?/m0/s1. The normalized spacial score (nSPS) is 18.8. The molecule has 0 bridgehead atoms. The number of benzene rings is 2. The van der Waals surface area contributed by atoms with Crippen LogP contribution in [0.25, 0.3) is 0 Å². The van der Waals surface area contributed by atoms with Crippen LogP contribution in [0.1, 0.15) is 53.3 Å². The number of carboxylic acids is 1. The second kappa shape index (κ2) is 10.7. The van der Waals surface area contributed by atoms with Crippen molar-refractivity contribution in [2.24, 2.45) is 0 Å². The summed E-state index contributed by atoms with van der Waals surface area (Å²) in [6, 6.07) is 11.3. The van der Waals surface area contributed by atoms with E-state index >= 15 is 0 Å². The summed E-state index contributed by atoms with van der Waals surface area (Å²) < 4.78 is 23.1. The van der Waals surface area contributed by atoms with Gasteiger partial charge in [-0.15, -0.1) is 0 Å². The molecule has 4 rings (SSSR count). The summed E-state index contributed by atoms with van der Waals surface area (Å²) in [5.41, 5.74) is 0.650. The van der Waals surface area contributed by atoms with Crippen LogP contribution in [0.5, 0.6) is 17.2 Å². The summed E-state index contributed by atoms with van der Waals surface area (Å²) in [5, 5.41) is 9.49. The van der Waals surface area contributed by atoms with E-state index in [1.807, 2.05) is 6.92 Å². The highest BCUT2D eigenvalue weighted by molar-refractivity contribution is 5.94. The van der Waals surface area contributed by atoms with Gasteiger partial charge in [-0.05, 0) is 69.0 Å². The van der Waals surface area contributed by atoms with Crippen LogP contribution in [-0.4, -0.2) is 60.6 Å². The molecule has 2 aromatic carbocycles. The van der Waals surface area contributed by atoms with Crippen LogP contribution in [0.4, 0.5) is 0 Å². The van der Waals surface area contributed by atoms with E-state index in [2.05, 4.69) is 0 Å². The Morgan fingerprint density at radius 3 is 2.42 bits per heavy atom. The maximum Gasteiger partial charge on any atom is 0.335 e. The first-order valence-corrected chi connectivity index (χ1v) is 11.3. The molecule has 2 saturated heterocycles. The van der Waals surface area contributed by atoms with Gasteiger partial charge in [0.05, 0.1) is 12.2 Å².